The van der Waals surface area contributed by atoms with Crippen molar-refractivity contribution in [3.8, 4) is 0 Å². The molecule has 3 atom stereocenters. The highest BCUT2D eigenvalue weighted by Crippen LogP contribution is 2.25. The number of aromatic amines is 1. The van der Waals surface area contributed by atoms with Gasteiger partial charge in [0.05, 0.1) is 6.10 Å². The highest BCUT2D eigenvalue weighted by atomic mass is 16.5. The van der Waals surface area contributed by atoms with Gasteiger partial charge in [0.2, 0.25) is 0 Å². The third-order valence-electron chi connectivity index (χ3n) is 2.90. The smallest absolute Gasteiger partial charge is 0.330 e. The molecule has 1 aromatic rings. The van der Waals surface area contributed by atoms with Crippen LogP contribution in [0, 0.1) is 6.92 Å². The predicted octanol–water partition coefficient (Wildman–Crippen LogP) is -0.520. The molecule has 6 nitrogen and oxygen atoms in total. The molecule has 1 aromatic heterocycles. The van der Waals surface area contributed by atoms with Gasteiger partial charge >= 0.3 is 5.69 Å². The molecule has 0 unspecified atom stereocenters. The first kappa shape index (κ1) is 11.1. The van der Waals surface area contributed by atoms with E-state index >= 15 is 0 Å². The lowest BCUT2D eigenvalue weighted by Crippen LogP contribution is -2.33. The van der Waals surface area contributed by atoms with Crippen molar-refractivity contribution in [3.05, 3.63) is 32.6 Å². The van der Waals surface area contributed by atoms with Crippen molar-refractivity contribution in [1.29, 1.82) is 0 Å². The fraction of sp³-hybridized carbons (Fsp3) is 0.600. The fourth-order valence-corrected chi connectivity index (χ4v) is 1.81. The lowest BCUT2D eigenvalue weighted by atomic mass is 10.2. The Balaban J connectivity index is 2.39. The zero-order valence-electron chi connectivity index (χ0n) is 9.27. The molecule has 0 radical (unpaired) electrons. The summed E-state index contributed by atoms with van der Waals surface area (Å²) in [5, 5.41) is 0. The van der Waals surface area contributed by atoms with Crippen LogP contribution in [0.15, 0.2) is 15.8 Å². The molecule has 0 aromatic carbocycles. The van der Waals surface area contributed by atoms with Crippen LogP contribution < -0.4 is 17.0 Å². The van der Waals surface area contributed by atoms with Crippen LogP contribution in [0.2, 0.25) is 0 Å². The number of nitrogens with one attached hydrogen (secondary N) is 1. The van der Waals surface area contributed by atoms with E-state index in [1.165, 1.54) is 10.8 Å². The average molecular weight is 225 g/mol. The Morgan fingerprint density at radius 2 is 2.25 bits per heavy atom. The van der Waals surface area contributed by atoms with Crippen LogP contribution >= 0.6 is 0 Å². The first-order valence-electron chi connectivity index (χ1n) is 5.22. The molecule has 16 heavy (non-hydrogen) atoms. The van der Waals surface area contributed by atoms with Gasteiger partial charge in [-0.15, -0.1) is 0 Å². The minimum Gasteiger partial charge on any atom is -0.353 e. The Morgan fingerprint density at radius 3 is 2.81 bits per heavy atom. The first-order chi connectivity index (χ1) is 7.49. The van der Waals surface area contributed by atoms with E-state index in [-0.39, 0.29) is 23.9 Å². The van der Waals surface area contributed by atoms with Crippen molar-refractivity contribution in [2.75, 3.05) is 0 Å². The highest BCUT2D eigenvalue weighted by molar-refractivity contribution is 5.02. The minimum atomic E-state index is -0.457. The number of hydrogen-bond acceptors (Lipinski definition) is 4. The highest BCUT2D eigenvalue weighted by Gasteiger charge is 2.31. The van der Waals surface area contributed by atoms with Gasteiger partial charge in [-0.25, -0.2) is 4.79 Å². The second-order valence-corrected chi connectivity index (χ2v) is 4.17. The molecule has 3 N–H and O–H groups in total. The Labute approximate surface area is 92.0 Å². The molecule has 0 saturated carbocycles. The molecule has 1 saturated heterocycles. The molecule has 1 aliphatic rings. The van der Waals surface area contributed by atoms with E-state index in [1.54, 1.807) is 6.92 Å². The molecule has 88 valence electrons. The monoisotopic (exact) mass is 225 g/mol. The fourth-order valence-electron chi connectivity index (χ4n) is 1.81. The van der Waals surface area contributed by atoms with Crippen LogP contribution in [0.5, 0.6) is 0 Å². The summed E-state index contributed by atoms with van der Waals surface area (Å²) in [4.78, 5) is 25.0. The molecule has 0 bridgehead atoms. The quantitative estimate of drug-likeness (QED) is 0.673. The first-order valence-corrected chi connectivity index (χ1v) is 5.22. The van der Waals surface area contributed by atoms with Crippen molar-refractivity contribution in [3.63, 3.8) is 0 Å². The van der Waals surface area contributed by atoms with Gasteiger partial charge in [-0.3, -0.25) is 14.3 Å². The molecular formula is C10H15N3O3. The SMILES string of the molecule is Cc1cn([C@H]2C[C@H](N)[C@@H](C)O2)c(=O)[nH]c1=O. The Bertz CT molecular complexity index is 495. The van der Waals surface area contributed by atoms with Gasteiger partial charge in [-0.2, -0.15) is 0 Å². The lowest BCUT2D eigenvalue weighted by Gasteiger charge is -2.13. The minimum absolute atomic E-state index is 0.0795. The van der Waals surface area contributed by atoms with Crippen molar-refractivity contribution in [1.82, 2.24) is 9.55 Å². The van der Waals surface area contributed by atoms with E-state index in [4.69, 9.17) is 10.5 Å². The number of ether oxygens (including phenoxy) is 1. The second kappa shape index (κ2) is 3.88. The normalized spacial score (nSPS) is 29.6. The van der Waals surface area contributed by atoms with Crippen LogP contribution in [0.4, 0.5) is 0 Å². The summed E-state index contributed by atoms with van der Waals surface area (Å²) in [6.07, 6.45) is 1.63. The van der Waals surface area contributed by atoms with Crippen LogP contribution in [0.1, 0.15) is 25.1 Å². The predicted molar refractivity (Wildman–Crippen MR) is 58.2 cm³/mol. The maximum absolute atomic E-state index is 11.6. The van der Waals surface area contributed by atoms with Gasteiger partial charge in [-0.1, -0.05) is 0 Å². The van der Waals surface area contributed by atoms with Crippen molar-refractivity contribution >= 4 is 0 Å². The number of aryl methyl sites for hydroxylation is 1. The molecule has 1 aliphatic heterocycles. The van der Waals surface area contributed by atoms with E-state index in [1.807, 2.05) is 6.92 Å². The van der Waals surface area contributed by atoms with E-state index in [0.29, 0.717) is 12.0 Å². The number of nitrogens with zero attached hydrogens (tertiary/aromatic N) is 1. The zero-order chi connectivity index (χ0) is 11.9. The van der Waals surface area contributed by atoms with E-state index in [2.05, 4.69) is 4.98 Å². The van der Waals surface area contributed by atoms with Gasteiger partial charge in [0.25, 0.3) is 5.56 Å². The van der Waals surface area contributed by atoms with Gasteiger partial charge in [0.15, 0.2) is 0 Å². The largest absolute Gasteiger partial charge is 0.353 e. The van der Waals surface area contributed by atoms with Crippen molar-refractivity contribution in [2.45, 2.75) is 38.6 Å². The summed E-state index contributed by atoms with van der Waals surface area (Å²) in [5.41, 5.74) is 5.47. The third kappa shape index (κ3) is 1.81. The molecule has 0 aliphatic carbocycles. The Kier molecular flexibility index (Phi) is 2.69. The number of aromatic nitrogens is 2. The van der Waals surface area contributed by atoms with Gasteiger partial charge in [0, 0.05) is 24.2 Å². The number of hydrogen-bond donors (Lipinski definition) is 2. The van der Waals surface area contributed by atoms with E-state index in [0.717, 1.165) is 0 Å². The molecule has 2 heterocycles. The third-order valence-corrected chi connectivity index (χ3v) is 2.90. The van der Waals surface area contributed by atoms with Crippen LogP contribution in [-0.4, -0.2) is 21.7 Å². The topological polar surface area (TPSA) is 90.1 Å². The average Bonchev–Trinajstić information content (AvgIpc) is 2.53. The molecule has 1 fully saturated rings. The number of nitrogens with two attached hydrogens (primary N) is 1. The van der Waals surface area contributed by atoms with Gasteiger partial charge < -0.3 is 10.5 Å². The molecule has 6 heteroatoms. The maximum Gasteiger partial charge on any atom is 0.330 e. The van der Waals surface area contributed by atoms with Gasteiger partial charge in [-0.05, 0) is 13.8 Å². The summed E-state index contributed by atoms with van der Waals surface area (Å²) in [5.74, 6) is 0. The van der Waals surface area contributed by atoms with Crippen LogP contribution in [0.25, 0.3) is 0 Å². The second-order valence-electron chi connectivity index (χ2n) is 4.17. The lowest BCUT2D eigenvalue weighted by molar-refractivity contribution is 0.00598. The van der Waals surface area contributed by atoms with E-state index in [9.17, 15) is 9.59 Å². The standard InChI is InChI=1S/C10H15N3O3/c1-5-4-13(10(15)12-9(5)14)8-3-7(11)6(2)16-8/h4,6-8H,3,11H2,1-2H3,(H,12,14,15)/t6-,7+,8-/m1/s1. The van der Waals surface area contributed by atoms with Crippen LogP contribution in [-0.2, 0) is 4.74 Å². The summed E-state index contributed by atoms with van der Waals surface area (Å²) >= 11 is 0. The molecule has 2 rings (SSSR count). The van der Waals surface area contributed by atoms with E-state index < -0.39 is 5.69 Å². The van der Waals surface area contributed by atoms with Gasteiger partial charge in [0.1, 0.15) is 6.23 Å². The van der Waals surface area contributed by atoms with Crippen molar-refractivity contribution in [2.24, 2.45) is 5.73 Å². The van der Waals surface area contributed by atoms with Crippen molar-refractivity contribution < 1.29 is 4.74 Å². The number of rotatable bonds is 1. The molecule has 0 spiro atoms. The zero-order valence-corrected chi connectivity index (χ0v) is 9.27. The van der Waals surface area contributed by atoms with Crippen LogP contribution in [0.3, 0.4) is 0 Å². The maximum atomic E-state index is 11.6. The summed E-state index contributed by atoms with van der Waals surface area (Å²) in [7, 11) is 0. The molecule has 0 amide bonds. The molecular weight excluding hydrogens is 210 g/mol. The summed E-state index contributed by atoms with van der Waals surface area (Å²) in [6, 6.07) is -0.0795. The number of H-pyrrole nitrogens is 1. The Morgan fingerprint density at radius 1 is 1.56 bits per heavy atom. The summed E-state index contributed by atoms with van der Waals surface area (Å²) in [6.45, 7) is 3.52. The summed E-state index contributed by atoms with van der Waals surface area (Å²) < 4.78 is 6.94. The Hall–Kier alpha value is -1.40.